The molecular formula is C27H20O3. The largest absolute Gasteiger partial charge is 0.423 e. The molecule has 0 aliphatic heterocycles. The van der Waals surface area contributed by atoms with Crippen LogP contribution in [0.25, 0.3) is 11.1 Å². The van der Waals surface area contributed by atoms with Crippen LogP contribution in [0.3, 0.4) is 0 Å². The van der Waals surface area contributed by atoms with Crippen molar-refractivity contribution in [2.45, 2.75) is 6.92 Å². The van der Waals surface area contributed by atoms with Crippen molar-refractivity contribution in [2.75, 3.05) is 0 Å². The van der Waals surface area contributed by atoms with E-state index < -0.39 is 0 Å². The lowest BCUT2D eigenvalue weighted by molar-refractivity contribution is 0.0734. The van der Waals surface area contributed by atoms with Crippen LogP contribution in [0.15, 0.2) is 103 Å². The Morgan fingerprint density at radius 2 is 1.07 bits per heavy atom. The predicted octanol–water partition coefficient (Wildman–Crippen LogP) is 6.11. The predicted molar refractivity (Wildman–Crippen MR) is 118 cm³/mol. The van der Waals surface area contributed by atoms with E-state index >= 15 is 0 Å². The maximum Gasteiger partial charge on any atom is 0.343 e. The molecule has 0 spiro atoms. The van der Waals surface area contributed by atoms with Crippen molar-refractivity contribution in [3.05, 3.63) is 125 Å². The Kier molecular flexibility index (Phi) is 5.53. The minimum Gasteiger partial charge on any atom is -0.423 e. The molecule has 146 valence electrons. The number of benzene rings is 4. The van der Waals surface area contributed by atoms with Crippen LogP contribution in [-0.4, -0.2) is 11.8 Å². The van der Waals surface area contributed by atoms with Crippen LogP contribution in [0.5, 0.6) is 5.75 Å². The SMILES string of the molecule is Cc1ccc(C(=O)Oc2ccc(-c3ccc(C(=O)c4ccccc4)cc3)cc2)cc1. The van der Waals surface area contributed by atoms with E-state index in [-0.39, 0.29) is 11.8 Å². The smallest absolute Gasteiger partial charge is 0.343 e. The zero-order valence-corrected chi connectivity index (χ0v) is 16.5. The van der Waals surface area contributed by atoms with Crippen LogP contribution in [0.1, 0.15) is 31.8 Å². The first-order valence-corrected chi connectivity index (χ1v) is 9.69. The van der Waals surface area contributed by atoms with E-state index in [4.69, 9.17) is 4.74 Å². The van der Waals surface area contributed by atoms with E-state index in [0.717, 1.165) is 16.7 Å². The van der Waals surface area contributed by atoms with E-state index in [1.54, 1.807) is 24.3 Å². The molecule has 0 N–H and O–H groups in total. The Morgan fingerprint density at radius 1 is 0.567 bits per heavy atom. The average Bonchev–Trinajstić information content (AvgIpc) is 2.80. The Hall–Kier alpha value is -3.98. The fourth-order valence-corrected chi connectivity index (χ4v) is 3.14. The average molecular weight is 392 g/mol. The third-order valence-electron chi connectivity index (χ3n) is 4.87. The fraction of sp³-hybridized carbons (Fsp3) is 0.0370. The number of esters is 1. The molecule has 0 aromatic heterocycles. The molecule has 4 rings (SSSR count). The summed E-state index contributed by atoms with van der Waals surface area (Å²) in [7, 11) is 0. The molecule has 0 aliphatic rings. The van der Waals surface area contributed by atoms with Gasteiger partial charge in [-0.15, -0.1) is 0 Å². The topological polar surface area (TPSA) is 43.4 Å². The first-order valence-electron chi connectivity index (χ1n) is 9.69. The summed E-state index contributed by atoms with van der Waals surface area (Å²) in [4.78, 5) is 24.8. The number of ketones is 1. The van der Waals surface area contributed by atoms with Gasteiger partial charge in [0, 0.05) is 11.1 Å². The second-order valence-electron chi connectivity index (χ2n) is 7.05. The van der Waals surface area contributed by atoms with Gasteiger partial charge in [-0.05, 0) is 42.3 Å². The van der Waals surface area contributed by atoms with Crippen molar-refractivity contribution in [2.24, 2.45) is 0 Å². The highest BCUT2D eigenvalue weighted by molar-refractivity contribution is 6.09. The van der Waals surface area contributed by atoms with E-state index in [2.05, 4.69) is 0 Å². The highest BCUT2D eigenvalue weighted by Gasteiger charge is 2.10. The minimum absolute atomic E-state index is 0.000478. The molecule has 0 bridgehead atoms. The van der Waals surface area contributed by atoms with Crippen LogP contribution in [0, 0.1) is 6.92 Å². The van der Waals surface area contributed by atoms with Gasteiger partial charge in [0.25, 0.3) is 0 Å². The van der Waals surface area contributed by atoms with Crippen molar-refractivity contribution in [3.8, 4) is 16.9 Å². The highest BCUT2D eigenvalue weighted by Crippen LogP contribution is 2.24. The van der Waals surface area contributed by atoms with Crippen LogP contribution in [0.2, 0.25) is 0 Å². The van der Waals surface area contributed by atoms with Crippen LogP contribution in [-0.2, 0) is 0 Å². The monoisotopic (exact) mass is 392 g/mol. The van der Waals surface area contributed by atoms with E-state index in [1.165, 1.54) is 0 Å². The molecule has 0 fully saturated rings. The molecule has 0 radical (unpaired) electrons. The minimum atomic E-state index is -0.383. The molecule has 0 aliphatic carbocycles. The van der Waals surface area contributed by atoms with Crippen molar-refractivity contribution >= 4 is 11.8 Å². The fourth-order valence-electron chi connectivity index (χ4n) is 3.14. The number of carbonyl (C=O) groups excluding carboxylic acids is 2. The molecule has 3 nitrogen and oxygen atoms in total. The van der Waals surface area contributed by atoms with Crippen LogP contribution < -0.4 is 4.74 Å². The Morgan fingerprint density at radius 3 is 1.67 bits per heavy atom. The van der Waals surface area contributed by atoms with Gasteiger partial charge >= 0.3 is 5.97 Å². The molecule has 0 saturated carbocycles. The lowest BCUT2D eigenvalue weighted by atomic mass is 9.99. The molecule has 0 amide bonds. The Balaban J connectivity index is 1.45. The van der Waals surface area contributed by atoms with E-state index in [1.807, 2.05) is 85.8 Å². The summed E-state index contributed by atoms with van der Waals surface area (Å²) in [5, 5.41) is 0. The van der Waals surface area contributed by atoms with Crippen molar-refractivity contribution in [3.63, 3.8) is 0 Å². The standard InChI is InChI=1S/C27H20O3/c1-19-7-9-24(10-8-19)27(29)30-25-17-15-21(16-18-25)20-11-13-23(14-12-20)26(28)22-5-3-2-4-6-22/h2-18H,1H3. The summed E-state index contributed by atoms with van der Waals surface area (Å²) in [6.07, 6.45) is 0. The molecule has 0 saturated heterocycles. The summed E-state index contributed by atoms with van der Waals surface area (Å²) in [5.74, 6) is 0.104. The maximum absolute atomic E-state index is 12.5. The highest BCUT2D eigenvalue weighted by atomic mass is 16.5. The van der Waals surface area contributed by atoms with Gasteiger partial charge in [0.1, 0.15) is 5.75 Å². The summed E-state index contributed by atoms with van der Waals surface area (Å²) in [5.41, 5.74) is 4.88. The first-order chi connectivity index (χ1) is 14.6. The number of hydrogen-bond acceptors (Lipinski definition) is 3. The number of carbonyl (C=O) groups is 2. The Labute approximate surface area is 175 Å². The molecule has 0 heterocycles. The van der Waals surface area contributed by atoms with Gasteiger partial charge in [-0.2, -0.15) is 0 Å². The summed E-state index contributed by atoms with van der Waals surface area (Å²) in [6.45, 7) is 1.97. The molecule has 0 atom stereocenters. The number of hydrogen-bond donors (Lipinski definition) is 0. The first kappa shape index (κ1) is 19.3. The molecule has 0 unspecified atom stereocenters. The molecule has 4 aromatic rings. The van der Waals surface area contributed by atoms with Gasteiger partial charge in [-0.25, -0.2) is 4.79 Å². The second-order valence-corrected chi connectivity index (χ2v) is 7.05. The molecular weight excluding hydrogens is 372 g/mol. The van der Waals surface area contributed by atoms with Gasteiger partial charge < -0.3 is 4.74 Å². The van der Waals surface area contributed by atoms with Crippen molar-refractivity contribution in [1.29, 1.82) is 0 Å². The lowest BCUT2D eigenvalue weighted by Gasteiger charge is -2.07. The summed E-state index contributed by atoms with van der Waals surface area (Å²) in [6, 6.07) is 31.3. The van der Waals surface area contributed by atoms with Crippen molar-refractivity contribution in [1.82, 2.24) is 0 Å². The van der Waals surface area contributed by atoms with Crippen LogP contribution >= 0.6 is 0 Å². The van der Waals surface area contributed by atoms with Gasteiger partial charge in [0.05, 0.1) is 5.56 Å². The second kappa shape index (κ2) is 8.58. The van der Waals surface area contributed by atoms with Gasteiger partial charge in [-0.1, -0.05) is 84.4 Å². The maximum atomic E-state index is 12.5. The third-order valence-corrected chi connectivity index (χ3v) is 4.87. The zero-order chi connectivity index (χ0) is 20.9. The number of rotatable bonds is 5. The quantitative estimate of drug-likeness (QED) is 0.234. The number of ether oxygens (including phenoxy) is 1. The molecule has 3 heteroatoms. The lowest BCUT2D eigenvalue weighted by Crippen LogP contribution is -2.08. The molecule has 4 aromatic carbocycles. The summed E-state index contributed by atoms with van der Waals surface area (Å²) >= 11 is 0. The Bertz CT molecular complexity index is 1160. The summed E-state index contributed by atoms with van der Waals surface area (Å²) < 4.78 is 5.45. The van der Waals surface area contributed by atoms with E-state index in [9.17, 15) is 9.59 Å². The van der Waals surface area contributed by atoms with Crippen molar-refractivity contribution < 1.29 is 14.3 Å². The molecule has 30 heavy (non-hydrogen) atoms. The third kappa shape index (κ3) is 4.36. The van der Waals surface area contributed by atoms with Gasteiger partial charge in [-0.3, -0.25) is 4.79 Å². The van der Waals surface area contributed by atoms with Gasteiger partial charge in [0.15, 0.2) is 5.78 Å². The zero-order valence-electron chi connectivity index (χ0n) is 16.5. The van der Waals surface area contributed by atoms with Gasteiger partial charge in [0.2, 0.25) is 0 Å². The number of aryl methyl sites for hydroxylation is 1. The van der Waals surface area contributed by atoms with E-state index in [0.29, 0.717) is 22.4 Å². The van der Waals surface area contributed by atoms with Crippen LogP contribution in [0.4, 0.5) is 0 Å². The normalized spacial score (nSPS) is 10.4.